The van der Waals surface area contributed by atoms with Crippen LogP contribution in [0.1, 0.15) is 13.3 Å². The number of esters is 1. The highest BCUT2D eigenvalue weighted by atomic mass is 16.5. The van der Waals surface area contributed by atoms with Crippen LogP contribution in [-0.2, 0) is 19.1 Å². The second-order valence-electron chi connectivity index (χ2n) is 7.45. The first-order valence-electron chi connectivity index (χ1n) is 8.35. The van der Waals surface area contributed by atoms with Crippen molar-refractivity contribution in [2.45, 2.75) is 13.3 Å². The van der Waals surface area contributed by atoms with Crippen molar-refractivity contribution in [3.8, 4) is 0 Å². The van der Waals surface area contributed by atoms with Crippen LogP contribution in [0.15, 0.2) is 12.2 Å². The molecule has 2 bridgehead atoms. The topological polar surface area (TPSA) is 63.7 Å². The molecule has 0 aromatic heterocycles. The number of nitrogens with zero attached hydrogens (tertiary/aromatic N) is 2. The van der Waals surface area contributed by atoms with Gasteiger partial charge in [0.05, 0.1) is 45.6 Å². The molecule has 3 aliphatic rings. The van der Waals surface area contributed by atoms with Gasteiger partial charge in [-0.15, -0.1) is 0 Å². The van der Waals surface area contributed by atoms with Crippen molar-refractivity contribution in [3.05, 3.63) is 12.2 Å². The molecule has 126 valence electrons. The number of carbonyl (C=O) groups excluding carboxylic acids is 3. The van der Waals surface area contributed by atoms with E-state index in [0.717, 1.165) is 6.42 Å². The monoisotopic (exact) mass is 321 g/mol. The maximum absolute atomic E-state index is 12.6. The molecule has 2 amide bonds. The van der Waals surface area contributed by atoms with Crippen LogP contribution in [0.3, 0.4) is 0 Å². The number of amides is 2. The Balaban J connectivity index is 1.60. The molecule has 1 saturated carbocycles. The van der Waals surface area contributed by atoms with Crippen LogP contribution in [0.25, 0.3) is 0 Å². The Morgan fingerprint density at radius 1 is 1.22 bits per heavy atom. The average molecular weight is 321 g/mol. The normalized spacial score (nSPS) is 31.9. The van der Waals surface area contributed by atoms with Crippen LogP contribution in [0, 0.1) is 23.7 Å². The minimum absolute atomic E-state index is 0.0204. The molecule has 0 aromatic rings. The van der Waals surface area contributed by atoms with E-state index in [2.05, 4.69) is 12.2 Å². The molecule has 1 heterocycles. The second-order valence-corrected chi connectivity index (χ2v) is 7.45. The number of hydrogen-bond acceptors (Lipinski definition) is 4. The molecule has 1 saturated heterocycles. The number of imide groups is 1. The molecule has 1 aliphatic heterocycles. The fourth-order valence-corrected chi connectivity index (χ4v) is 4.19. The summed E-state index contributed by atoms with van der Waals surface area (Å²) in [4.78, 5) is 38.3. The third-order valence-electron chi connectivity index (χ3n) is 5.35. The largest absolute Gasteiger partial charge is 0.462 e. The van der Waals surface area contributed by atoms with Crippen LogP contribution >= 0.6 is 0 Å². The summed E-state index contributed by atoms with van der Waals surface area (Å²) in [7, 11) is 3.82. The van der Waals surface area contributed by atoms with Crippen molar-refractivity contribution in [1.29, 1.82) is 0 Å². The summed E-state index contributed by atoms with van der Waals surface area (Å²) in [6, 6.07) is 0. The van der Waals surface area contributed by atoms with Gasteiger partial charge in [0, 0.05) is 0 Å². The second kappa shape index (κ2) is 5.74. The van der Waals surface area contributed by atoms with E-state index in [4.69, 9.17) is 4.74 Å². The Kier molecular flexibility index (Phi) is 4.04. The number of allylic oxidation sites excluding steroid dienone is 2. The van der Waals surface area contributed by atoms with Gasteiger partial charge in [-0.25, -0.2) is 4.79 Å². The number of ether oxygens (including phenoxy) is 1. The molecule has 0 radical (unpaired) electrons. The van der Waals surface area contributed by atoms with Crippen molar-refractivity contribution < 1.29 is 23.6 Å². The van der Waals surface area contributed by atoms with E-state index in [0.29, 0.717) is 24.2 Å². The van der Waals surface area contributed by atoms with Gasteiger partial charge in [-0.2, -0.15) is 0 Å². The summed E-state index contributed by atoms with van der Waals surface area (Å²) in [6.45, 7) is 3.31. The summed E-state index contributed by atoms with van der Waals surface area (Å²) < 4.78 is 5.38. The van der Waals surface area contributed by atoms with Gasteiger partial charge in [0.15, 0.2) is 6.54 Å². The maximum Gasteiger partial charge on any atom is 0.361 e. The SMILES string of the molecule is CCOC(=O)C[N+](C)(C)CCN1C(=O)C2C3C=CC(C3)C2C1=O. The van der Waals surface area contributed by atoms with Crippen LogP contribution in [-0.4, -0.2) is 67.5 Å². The molecule has 0 aromatic carbocycles. The molecule has 23 heavy (non-hydrogen) atoms. The van der Waals surface area contributed by atoms with Crippen LogP contribution in [0.4, 0.5) is 0 Å². The van der Waals surface area contributed by atoms with Gasteiger partial charge in [0.1, 0.15) is 0 Å². The smallest absolute Gasteiger partial charge is 0.361 e. The fraction of sp³-hybridized carbons (Fsp3) is 0.706. The molecule has 3 rings (SSSR count). The number of likely N-dealkylation sites (tertiary alicyclic amines) is 1. The van der Waals surface area contributed by atoms with Crippen LogP contribution in [0.2, 0.25) is 0 Å². The average Bonchev–Trinajstić information content (AvgIpc) is 3.12. The molecule has 6 heteroatoms. The van der Waals surface area contributed by atoms with Gasteiger partial charge in [-0.3, -0.25) is 14.5 Å². The van der Waals surface area contributed by atoms with E-state index < -0.39 is 0 Å². The Labute approximate surface area is 136 Å². The highest BCUT2D eigenvalue weighted by Crippen LogP contribution is 2.52. The lowest BCUT2D eigenvalue weighted by Gasteiger charge is -2.30. The van der Waals surface area contributed by atoms with Gasteiger partial charge >= 0.3 is 5.97 Å². The Morgan fingerprint density at radius 2 is 1.78 bits per heavy atom. The summed E-state index contributed by atoms with van der Waals surface area (Å²) in [5.74, 6) is -0.0880. The fourth-order valence-electron chi connectivity index (χ4n) is 4.19. The number of fused-ring (bicyclic) bond motifs is 5. The van der Waals surface area contributed by atoms with Crippen molar-refractivity contribution in [1.82, 2.24) is 4.90 Å². The van der Waals surface area contributed by atoms with E-state index >= 15 is 0 Å². The van der Waals surface area contributed by atoms with Crippen molar-refractivity contribution in [2.75, 3.05) is 40.3 Å². The lowest BCUT2D eigenvalue weighted by molar-refractivity contribution is -0.882. The predicted molar refractivity (Wildman–Crippen MR) is 82.9 cm³/mol. The molecule has 2 fully saturated rings. The minimum atomic E-state index is -0.254. The van der Waals surface area contributed by atoms with E-state index in [9.17, 15) is 14.4 Å². The van der Waals surface area contributed by atoms with Crippen LogP contribution in [0.5, 0.6) is 0 Å². The highest BCUT2D eigenvalue weighted by molar-refractivity contribution is 6.06. The predicted octanol–water partition coefficient (Wildman–Crippen LogP) is 0.433. The zero-order valence-corrected chi connectivity index (χ0v) is 14.0. The molecule has 0 N–H and O–H groups in total. The zero-order valence-electron chi connectivity index (χ0n) is 14.0. The van der Waals surface area contributed by atoms with Crippen molar-refractivity contribution in [3.63, 3.8) is 0 Å². The van der Waals surface area contributed by atoms with Crippen molar-refractivity contribution in [2.24, 2.45) is 23.7 Å². The third-order valence-corrected chi connectivity index (χ3v) is 5.35. The van der Waals surface area contributed by atoms with Gasteiger partial charge in [0.25, 0.3) is 0 Å². The lowest BCUT2D eigenvalue weighted by Crippen LogP contribution is -2.50. The first-order valence-corrected chi connectivity index (χ1v) is 8.35. The van der Waals surface area contributed by atoms with Crippen molar-refractivity contribution >= 4 is 17.8 Å². The molecule has 4 unspecified atom stereocenters. The highest BCUT2D eigenvalue weighted by Gasteiger charge is 2.59. The van der Waals surface area contributed by atoms with E-state index in [1.165, 1.54) is 4.90 Å². The Bertz CT molecular complexity index is 539. The quantitative estimate of drug-likeness (QED) is 0.308. The Morgan fingerprint density at radius 3 is 2.30 bits per heavy atom. The van der Waals surface area contributed by atoms with Crippen LogP contribution < -0.4 is 0 Å². The zero-order chi connectivity index (χ0) is 16.8. The number of hydrogen-bond donors (Lipinski definition) is 0. The first kappa shape index (κ1) is 16.2. The number of quaternary nitrogens is 1. The standard InChI is InChI=1S/C17H25N2O4/c1-4-23-13(20)10-19(2,3)8-7-18-16(21)14-11-5-6-12(9-11)15(14)17(18)22/h5-6,11-12,14-15H,4,7-10H2,1-3H3/q+1. The first-order chi connectivity index (χ1) is 10.8. The molecule has 4 atom stereocenters. The maximum atomic E-state index is 12.6. The summed E-state index contributed by atoms with van der Waals surface area (Å²) in [5.41, 5.74) is 0. The molecule has 0 spiro atoms. The number of carbonyl (C=O) groups is 3. The van der Waals surface area contributed by atoms with Gasteiger partial charge < -0.3 is 9.22 Å². The van der Waals surface area contributed by atoms with E-state index in [1.54, 1.807) is 6.92 Å². The van der Waals surface area contributed by atoms with Gasteiger partial charge in [0.2, 0.25) is 11.8 Å². The molecule has 6 nitrogen and oxygen atoms in total. The summed E-state index contributed by atoms with van der Waals surface area (Å²) in [6.07, 6.45) is 5.15. The Hall–Kier alpha value is -1.69. The molecule has 2 aliphatic carbocycles. The molecular weight excluding hydrogens is 296 g/mol. The van der Waals surface area contributed by atoms with E-state index in [1.807, 2.05) is 14.1 Å². The summed E-state index contributed by atoms with van der Waals surface area (Å²) in [5, 5.41) is 0. The van der Waals surface area contributed by atoms with Gasteiger partial charge in [-0.1, -0.05) is 12.2 Å². The summed E-state index contributed by atoms with van der Waals surface area (Å²) >= 11 is 0. The number of likely N-dealkylation sites (N-methyl/N-ethyl adjacent to an activating group) is 1. The lowest BCUT2D eigenvalue weighted by atomic mass is 9.85. The number of rotatable bonds is 6. The van der Waals surface area contributed by atoms with E-state index in [-0.39, 0.29) is 48.0 Å². The third kappa shape index (κ3) is 2.80. The van der Waals surface area contributed by atoms with Gasteiger partial charge in [-0.05, 0) is 25.2 Å². The minimum Gasteiger partial charge on any atom is -0.462 e. The molecular formula is C17H25N2O4+.